The van der Waals surface area contributed by atoms with Crippen LogP contribution >= 0.6 is 0 Å². The molecule has 0 aliphatic rings. The van der Waals surface area contributed by atoms with Gasteiger partial charge in [-0.15, -0.1) is 0 Å². The summed E-state index contributed by atoms with van der Waals surface area (Å²) in [4.78, 5) is 12.0. The van der Waals surface area contributed by atoms with Gasteiger partial charge in [-0.1, -0.05) is 5.16 Å². The molecule has 1 aromatic carbocycles. The highest BCUT2D eigenvalue weighted by molar-refractivity contribution is 5.93. The normalized spacial score (nSPS) is 10.3. The number of nitrogens with two attached hydrogens (primary N) is 1. The van der Waals surface area contributed by atoms with Crippen LogP contribution in [0.25, 0.3) is 0 Å². The predicted molar refractivity (Wildman–Crippen MR) is 75.7 cm³/mol. The highest BCUT2D eigenvalue weighted by Gasteiger charge is 2.13. The molecule has 3 N–H and O–H groups in total. The third-order valence-electron chi connectivity index (χ3n) is 3.03. The Morgan fingerprint density at radius 1 is 1.45 bits per heavy atom. The molecule has 0 atom stereocenters. The molecule has 20 heavy (non-hydrogen) atoms. The molecule has 0 unspecified atom stereocenters. The Kier molecular flexibility index (Phi) is 3.93. The molecule has 0 aliphatic heterocycles. The van der Waals surface area contributed by atoms with Gasteiger partial charge in [-0.25, -0.2) is 0 Å². The molecule has 2 rings (SSSR count). The van der Waals surface area contributed by atoms with Gasteiger partial charge in [0.15, 0.2) is 0 Å². The van der Waals surface area contributed by atoms with E-state index in [4.69, 9.17) is 15.0 Å². The fourth-order valence-corrected chi connectivity index (χ4v) is 1.93. The maximum absolute atomic E-state index is 12.0. The molecule has 1 amide bonds. The van der Waals surface area contributed by atoms with Crippen molar-refractivity contribution in [3.8, 4) is 5.75 Å². The number of methoxy groups -OCH3 is 1. The number of hydrogen-bond donors (Lipinski definition) is 2. The summed E-state index contributed by atoms with van der Waals surface area (Å²) < 4.78 is 10.1. The number of aromatic nitrogens is 1. The third kappa shape index (κ3) is 2.90. The molecule has 0 aliphatic carbocycles. The minimum atomic E-state index is -0.149. The maximum atomic E-state index is 12.0. The van der Waals surface area contributed by atoms with Crippen molar-refractivity contribution >= 4 is 17.3 Å². The van der Waals surface area contributed by atoms with E-state index in [2.05, 4.69) is 10.5 Å². The van der Waals surface area contributed by atoms with E-state index in [-0.39, 0.29) is 12.3 Å². The van der Waals surface area contributed by atoms with E-state index in [1.54, 1.807) is 32.2 Å². The predicted octanol–water partition coefficient (Wildman–Crippen LogP) is 2.06. The molecule has 0 spiro atoms. The fraction of sp³-hybridized carbons (Fsp3) is 0.286. The largest absolute Gasteiger partial charge is 0.495 e. The van der Waals surface area contributed by atoms with Crippen molar-refractivity contribution in [1.29, 1.82) is 0 Å². The highest BCUT2D eigenvalue weighted by Crippen LogP contribution is 2.24. The number of nitrogen functional groups attached to an aromatic ring is 1. The molecule has 106 valence electrons. The monoisotopic (exact) mass is 275 g/mol. The molecule has 6 heteroatoms. The lowest BCUT2D eigenvalue weighted by atomic mass is 10.1. The number of benzene rings is 1. The Morgan fingerprint density at radius 3 is 2.75 bits per heavy atom. The van der Waals surface area contributed by atoms with Crippen LogP contribution in [0.1, 0.15) is 17.0 Å². The Balaban J connectivity index is 2.07. The number of carbonyl (C=O) groups is 1. The van der Waals surface area contributed by atoms with Gasteiger partial charge in [-0.2, -0.15) is 0 Å². The summed E-state index contributed by atoms with van der Waals surface area (Å²) in [6.07, 6.45) is 0.215. The standard InChI is InChI=1S/C14H17N3O3/c1-8-11(9(2)20-17-8)7-14(18)16-10-4-5-13(19-3)12(15)6-10/h4-6H,7,15H2,1-3H3,(H,16,18). The van der Waals surface area contributed by atoms with Crippen molar-refractivity contribution in [1.82, 2.24) is 5.16 Å². The maximum Gasteiger partial charge on any atom is 0.229 e. The topological polar surface area (TPSA) is 90.4 Å². The van der Waals surface area contributed by atoms with Crippen LogP contribution in [0.3, 0.4) is 0 Å². The third-order valence-corrected chi connectivity index (χ3v) is 3.03. The minimum Gasteiger partial charge on any atom is -0.495 e. The van der Waals surface area contributed by atoms with Crippen LogP contribution in [0.4, 0.5) is 11.4 Å². The number of nitrogens with one attached hydrogen (secondary N) is 1. The Morgan fingerprint density at radius 2 is 2.20 bits per heavy atom. The number of anilines is 2. The second kappa shape index (κ2) is 5.64. The molecule has 0 saturated heterocycles. The summed E-state index contributed by atoms with van der Waals surface area (Å²) in [7, 11) is 1.54. The van der Waals surface area contributed by atoms with Crippen molar-refractivity contribution in [2.24, 2.45) is 0 Å². The van der Waals surface area contributed by atoms with Gasteiger partial charge in [0.2, 0.25) is 5.91 Å². The van der Waals surface area contributed by atoms with E-state index in [0.717, 1.165) is 11.3 Å². The number of amides is 1. The molecule has 0 bridgehead atoms. The first kappa shape index (κ1) is 13.9. The average molecular weight is 275 g/mol. The van der Waals surface area contributed by atoms with Crippen LogP contribution in [0, 0.1) is 13.8 Å². The van der Waals surface area contributed by atoms with Gasteiger partial charge in [0, 0.05) is 11.3 Å². The lowest BCUT2D eigenvalue weighted by Gasteiger charge is -2.08. The van der Waals surface area contributed by atoms with Gasteiger partial charge in [0.1, 0.15) is 11.5 Å². The summed E-state index contributed by atoms with van der Waals surface area (Å²) in [6.45, 7) is 3.60. The van der Waals surface area contributed by atoms with Crippen LogP contribution in [0.2, 0.25) is 0 Å². The zero-order chi connectivity index (χ0) is 14.7. The summed E-state index contributed by atoms with van der Waals surface area (Å²) in [6, 6.07) is 5.10. The van der Waals surface area contributed by atoms with Crippen molar-refractivity contribution in [3.63, 3.8) is 0 Å². The van der Waals surface area contributed by atoms with Crippen molar-refractivity contribution in [2.75, 3.05) is 18.2 Å². The van der Waals surface area contributed by atoms with Crippen LogP contribution in [0.15, 0.2) is 22.7 Å². The second-order valence-corrected chi connectivity index (χ2v) is 4.48. The van der Waals surface area contributed by atoms with Gasteiger partial charge in [0.05, 0.1) is 24.9 Å². The molecular formula is C14H17N3O3. The van der Waals surface area contributed by atoms with E-state index >= 15 is 0 Å². The smallest absolute Gasteiger partial charge is 0.229 e. The number of nitrogens with zero attached hydrogens (tertiary/aromatic N) is 1. The van der Waals surface area contributed by atoms with Crippen LogP contribution < -0.4 is 15.8 Å². The SMILES string of the molecule is COc1ccc(NC(=O)Cc2c(C)noc2C)cc1N. The van der Waals surface area contributed by atoms with Gasteiger partial charge in [-0.3, -0.25) is 4.79 Å². The average Bonchev–Trinajstić information content (AvgIpc) is 2.71. The summed E-state index contributed by atoms with van der Waals surface area (Å²) in [5.41, 5.74) is 8.43. The quantitative estimate of drug-likeness (QED) is 0.833. The second-order valence-electron chi connectivity index (χ2n) is 4.48. The van der Waals surface area contributed by atoms with Crippen LogP contribution in [-0.2, 0) is 11.2 Å². The van der Waals surface area contributed by atoms with Crippen LogP contribution in [0.5, 0.6) is 5.75 Å². The fourth-order valence-electron chi connectivity index (χ4n) is 1.93. The Labute approximate surface area is 116 Å². The van der Waals surface area contributed by atoms with Gasteiger partial charge in [0.25, 0.3) is 0 Å². The van der Waals surface area contributed by atoms with E-state index in [0.29, 0.717) is 22.9 Å². The molecule has 2 aromatic rings. The van der Waals surface area contributed by atoms with E-state index in [9.17, 15) is 4.79 Å². The first-order valence-corrected chi connectivity index (χ1v) is 6.16. The Bertz CT molecular complexity index is 615. The first-order valence-electron chi connectivity index (χ1n) is 6.16. The summed E-state index contributed by atoms with van der Waals surface area (Å²) in [5.74, 6) is 1.09. The molecule has 1 heterocycles. The van der Waals surface area contributed by atoms with E-state index in [1.165, 1.54) is 0 Å². The van der Waals surface area contributed by atoms with Gasteiger partial charge >= 0.3 is 0 Å². The van der Waals surface area contributed by atoms with E-state index in [1.807, 2.05) is 6.92 Å². The van der Waals surface area contributed by atoms with E-state index < -0.39 is 0 Å². The molecule has 0 radical (unpaired) electrons. The van der Waals surface area contributed by atoms with Crippen molar-refractivity contribution in [2.45, 2.75) is 20.3 Å². The van der Waals surface area contributed by atoms with Crippen molar-refractivity contribution < 1.29 is 14.1 Å². The van der Waals surface area contributed by atoms with Gasteiger partial charge < -0.3 is 20.3 Å². The number of rotatable bonds is 4. The summed E-state index contributed by atoms with van der Waals surface area (Å²) in [5, 5.41) is 6.60. The summed E-state index contributed by atoms with van der Waals surface area (Å²) >= 11 is 0. The van der Waals surface area contributed by atoms with Crippen LogP contribution in [-0.4, -0.2) is 18.2 Å². The highest BCUT2D eigenvalue weighted by atomic mass is 16.5. The minimum absolute atomic E-state index is 0.149. The van der Waals surface area contributed by atoms with Crippen molar-refractivity contribution in [3.05, 3.63) is 35.2 Å². The lowest BCUT2D eigenvalue weighted by Crippen LogP contribution is -2.15. The zero-order valence-electron chi connectivity index (χ0n) is 11.7. The lowest BCUT2D eigenvalue weighted by molar-refractivity contribution is -0.115. The number of hydrogen-bond acceptors (Lipinski definition) is 5. The zero-order valence-corrected chi connectivity index (χ0v) is 11.7. The van der Waals surface area contributed by atoms with Gasteiger partial charge in [-0.05, 0) is 32.0 Å². The Hall–Kier alpha value is -2.50. The molecule has 6 nitrogen and oxygen atoms in total. The molecular weight excluding hydrogens is 258 g/mol. The molecule has 0 saturated carbocycles. The number of ether oxygens (including phenoxy) is 1. The molecule has 0 fully saturated rings. The number of aryl methyl sites for hydroxylation is 2. The number of carbonyl (C=O) groups excluding carboxylic acids is 1. The first-order chi connectivity index (χ1) is 9.51. The molecule has 1 aromatic heterocycles.